The Balaban J connectivity index is 1.52. The van der Waals surface area contributed by atoms with Gasteiger partial charge in [-0.05, 0) is 25.5 Å². The summed E-state index contributed by atoms with van der Waals surface area (Å²) in [5.74, 6) is -5.96. The van der Waals surface area contributed by atoms with E-state index in [-0.39, 0.29) is 53.3 Å². The fourth-order valence-corrected chi connectivity index (χ4v) is 5.85. The van der Waals surface area contributed by atoms with E-state index >= 15 is 0 Å². The smallest absolute Gasteiger partial charge is 0.408 e. The number of nitrogens with one attached hydrogen (secondary N) is 3. The van der Waals surface area contributed by atoms with E-state index in [0.717, 1.165) is 23.1 Å². The first kappa shape index (κ1) is 28.9. The van der Waals surface area contributed by atoms with Crippen LogP contribution >= 0.6 is 11.6 Å². The number of hydrogen-bond donors (Lipinski definition) is 3. The van der Waals surface area contributed by atoms with Gasteiger partial charge in [0.2, 0.25) is 5.75 Å². The molecule has 3 unspecified atom stereocenters. The van der Waals surface area contributed by atoms with Crippen LogP contribution in [0.2, 0.25) is 5.15 Å². The van der Waals surface area contributed by atoms with Gasteiger partial charge >= 0.3 is 18.0 Å². The minimum absolute atomic E-state index is 0.0601. The Hall–Kier alpha value is -3.08. The number of carbonyl (C=O) groups is 3. The van der Waals surface area contributed by atoms with Gasteiger partial charge in [-0.3, -0.25) is 14.4 Å². The van der Waals surface area contributed by atoms with E-state index in [2.05, 4.69) is 10.0 Å². The molecule has 2 aliphatic heterocycles. The number of hydrogen-bond acceptors (Lipinski definition) is 6. The number of rotatable bonds is 3. The van der Waals surface area contributed by atoms with Crippen LogP contribution in [-0.4, -0.2) is 69.2 Å². The van der Waals surface area contributed by atoms with Crippen LogP contribution in [0.1, 0.15) is 23.8 Å². The molecule has 212 valence electrons. The summed E-state index contributed by atoms with van der Waals surface area (Å²) in [6.45, 7) is 0.134. The highest BCUT2D eigenvalue weighted by Crippen LogP contribution is 2.41. The molecule has 2 aliphatic rings. The molecule has 17 heteroatoms. The van der Waals surface area contributed by atoms with Gasteiger partial charge in [-0.1, -0.05) is 11.6 Å². The van der Waals surface area contributed by atoms with E-state index in [1.54, 1.807) is 5.32 Å². The maximum absolute atomic E-state index is 13.6. The molecule has 1 fully saturated rings. The number of likely N-dealkylation sites (tertiary alicyclic amines) is 1. The summed E-state index contributed by atoms with van der Waals surface area (Å²) in [7, 11) is 1.39. The number of nitrogens with zero attached hydrogens (tertiary/aromatic N) is 2. The summed E-state index contributed by atoms with van der Waals surface area (Å²) in [5.41, 5.74) is -1.45. The SMILES string of the molecule is CC(NC(=O)C(=O)N1CCC2(COc3c(c(Cl)n(C)c3C(=O)Nc3ccc(F)c(F)c3)[S+]([O-])N2)C1)C(F)(F)F. The molecule has 0 bridgehead atoms. The number of fused-ring (bicyclic) bond motifs is 1. The summed E-state index contributed by atoms with van der Waals surface area (Å²) in [5, 5.41) is 3.86. The molecule has 1 spiro atoms. The van der Waals surface area contributed by atoms with Gasteiger partial charge in [0.15, 0.2) is 22.5 Å². The average Bonchev–Trinajstić information content (AvgIpc) is 3.32. The first-order valence-electron chi connectivity index (χ1n) is 11.3. The van der Waals surface area contributed by atoms with Gasteiger partial charge in [0, 0.05) is 31.9 Å². The second kappa shape index (κ2) is 10.5. The fraction of sp³-hybridized carbons (Fsp3) is 0.409. The molecule has 3 heterocycles. The van der Waals surface area contributed by atoms with Gasteiger partial charge in [0.25, 0.3) is 10.8 Å². The largest absolute Gasteiger partial charge is 0.593 e. The monoisotopic (exact) mass is 597 g/mol. The van der Waals surface area contributed by atoms with Crippen LogP contribution in [0.25, 0.3) is 0 Å². The third kappa shape index (κ3) is 5.64. The molecule has 1 saturated heterocycles. The van der Waals surface area contributed by atoms with Crippen LogP contribution < -0.4 is 20.1 Å². The van der Waals surface area contributed by atoms with E-state index < -0.39 is 58.5 Å². The van der Waals surface area contributed by atoms with Crippen molar-refractivity contribution in [3.63, 3.8) is 0 Å². The van der Waals surface area contributed by atoms with Crippen molar-refractivity contribution in [2.75, 3.05) is 25.0 Å². The van der Waals surface area contributed by atoms with Crippen molar-refractivity contribution in [3.05, 3.63) is 40.7 Å². The maximum atomic E-state index is 13.6. The zero-order valence-electron chi connectivity index (χ0n) is 20.2. The number of aromatic nitrogens is 1. The van der Waals surface area contributed by atoms with Crippen molar-refractivity contribution in [2.45, 2.75) is 36.0 Å². The number of halogens is 6. The van der Waals surface area contributed by atoms with Crippen molar-refractivity contribution < 1.29 is 45.6 Å². The van der Waals surface area contributed by atoms with Crippen LogP contribution in [0.15, 0.2) is 23.1 Å². The summed E-state index contributed by atoms with van der Waals surface area (Å²) < 4.78 is 88.2. The van der Waals surface area contributed by atoms with Crippen molar-refractivity contribution in [1.82, 2.24) is 19.5 Å². The number of ether oxygens (including phenoxy) is 1. The molecule has 0 radical (unpaired) electrons. The summed E-state index contributed by atoms with van der Waals surface area (Å²) >= 11 is 4.25. The first-order valence-corrected chi connectivity index (χ1v) is 12.8. The van der Waals surface area contributed by atoms with E-state index in [1.165, 1.54) is 11.6 Å². The molecule has 1 aromatic carbocycles. The third-order valence-corrected chi connectivity index (χ3v) is 8.21. The number of alkyl halides is 3. The molecule has 0 aliphatic carbocycles. The zero-order valence-corrected chi connectivity index (χ0v) is 21.8. The van der Waals surface area contributed by atoms with E-state index in [1.807, 2.05) is 0 Å². The van der Waals surface area contributed by atoms with Crippen LogP contribution in [0, 0.1) is 11.6 Å². The lowest BCUT2D eigenvalue weighted by molar-refractivity contribution is -0.162. The summed E-state index contributed by atoms with van der Waals surface area (Å²) in [4.78, 5) is 38.6. The Morgan fingerprint density at radius 3 is 2.59 bits per heavy atom. The highest BCUT2D eigenvalue weighted by Gasteiger charge is 2.50. The summed E-state index contributed by atoms with van der Waals surface area (Å²) in [6, 6.07) is 0.470. The quantitative estimate of drug-likeness (QED) is 0.283. The van der Waals surface area contributed by atoms with E-state index in [4.69, 9.17) is 16.3 Å². The predicted octanol–water partition coefficient (Wildman–Crippen LogP) is 2.25. The van der Waals surface area contributed by atoms with Crippen molar-refractivity contribution >= 4 is 46.4 Å². The van der Waals surface area contributed by atoms with Gasteiger partial charge in [0.05, 0.1) is 11.4 Å². The zero-order chi connectivity index (χ0) is 28.9. The number of carbonyl (C=O) groups excluding carboxylic acids is 3. The topological polar surface area (TPSA) is 128 Å². The van der Waals surface area contributed by atoms with Crippen LogP contribution in [0.4, 0.5) is 27.6 Å². The summed E-state index contributed by atoms with van der Waals surface area (Å²) in [6.07, 6.45) is -4.63. The van der Waals surface area contributed by atoms with Gasteiger partial charge in [-0.15, -0.1) is 4.72 Å². The molecule has 3 atom stereocenters. The fourth-order valence-electron chi connectivity index (χ4n) is 4.14. The number of anilines is 1. The van der Waals surface area contributed by atoms with Crippen LogP contribution in [0.3, 0.4) is 0 Å². The normalized spacial score (nSPS) is 21.7. The second-order valence-corrected chi connectivity index (χ2v) is 10.6. The Labute approximate surface area is 226 Å². The molecule has 10 nitrogen and oxygen atoms in total. The third-order valence-electron chi connectivity index (χ3n) is 6.29. The van der Waals surface area contributed by atoms with Gasteiger partial charge in [0.1, 0.15) is 18.2 Å². The number of benzene rings is 1. The molecule has 3 amide bonds. The predicted molar refractivity (Wildman–Crippen MR) is 127 cm³/mol. The highest BCUT2D eigenvalue weighted by atomic mass is 35.5. The standard InChI is InChI=1S/C22H21ClF5N5O5S/c1-10(22(26,27)28)29-19(35)20(36)33-6-5-21(8-33)9-38-15-14(32(2)17(23)16(15)39(37)31-21)18(34)30-11-3-4-12(24)13(25)7-11/h3-4,7,10,31H,5-6,8-9H2,1-2H3,(H,29,35)(H,30,34). The lowest BCUT2D eigenvalue weighted by atomic mass is 10.0. The Bertz CT molecular complexity index is 1340. The molecule has 39 heavy (non-hydrogen) atoms. The Morgan fingerprint density at radius 1 is 1.26 bits per heavy atom. The molecule has 0 saturated carbocycles. The molecular formula is C22H21ClF5N5O5S. The second-order valence-electron chi connectivity index (χ2n) is 9.09. The van der Waals surface area contributed by atoms with E-state index in [0.29, 0.717) is 6.92 Å². The lowest BCUT2D eigenvalue weighted by Crippen LogP contribution is -2.55. The first-order chi connectivity index (χ1) is 18.1. The van der Waals surface area contributed by atoms with Gasteiger partial charge in [-0.25, -0.2) is 8.78 Å². The Morgan fingerprint density at radius 2 is 1.95 bits per heavy atom. The lowest BCUT2D eigenvalue weighted by Gasteiger charge is -2.27. The molecule has 1 aromatic heterocycles. The number of amides is 3. The van der Waals surface area contributed by atoms with E-state index in [9.17, 15) is 40.9 Å². The maximum Gasteiger partial charge on any atom is 0.408 e. The molecule has 2 aromatic rings. The van der Waals surface area contributed by atoms with Crippen LogP contribution in [-0.2, 0) is 28.0 Å². The van der Waals surface area contributed by atoms with Gasteiger partial charge in [-0.2, -0.15) is 13.2 Å². The van der Waals surface area contributed by atoms with Crippen molar-refractivity contribution in [1.29, 1.82) is 0 Å². The Kier molecular flexibility index (Phi) is 7.77. The van der Waals surface area contributed by atoms with Crippen molar-refractivity contribution in [3.8, 4) is 5.75 Å². The van der Waals surface area contributed by atoms with Crippen LogP contribution in [0.5, 0.6) is 5.75 Å². The molecule has 3 N–H and O–H groups in total. The molecule has 4 rings (SSSR count). The minimum atomic E-state index is -4.74. The molecular weight excluding hydrogens is 577 g/mol. The van der Waals surface area contributed by atoms with Crippen molar-refractivity contribution in [2.24, 2.45) is 7.05 Å². The minimum Gasteiger partial charge on any atom is -0.593 e. The highest BCUT2D eigenvalue weighted by molar-refractivity contribution is 7.89. The van der Waals surface area contributed by atoms with Gasteiger partial charge < -0.3 is 29.4 Å². The average molecular weight is 598 g/mol.